The van der Waals surface area contributed by atoms with E-state index < -0.39 is 33.6 Å². The number of benzene rings is 2. The highest BCUT2D eigenvalue weighted by atomic mass is 35.5. The number of hydrogen-bond donors (Lipinski definition) is 1. The molecule has 32 heavy (non-hydrogen) atoms. The van der Waals surface area contributed by atoms with Crippen LogP contribution in [0.25, 0.3) is 16.8 Å². The number of alkyl halides is 7. The zero-order valence-corrected chi connectivity index (χ0v) is 17.8. The highest BCUT2D eigenvalue weighted by Crippen LogP contribution is 2.54. The average molecular weight is 521 g/mol. The zero-order valence-electron chi connectivity index (χ0n) is 15.5. The molecule has 13 heteroatoms. The van der Waals surface area contributed by atoms with Crippen LogP contribution in [-0.2, 0) is 12.2 Å². The molecular weight excluding hydrogens is 510 g/mol. The summed E-state index contributed by atoms with van der Waals surface area (Å²) >= 11 is 17.9. The molecule has 0 aliphatic carbocycles. The fraction of sp³-hybridized carbons (Fsp3) is 0.211. The van der Waals surface area contributed by atoms with Gasteiger partial charge in [-0.3, -0.25) is 0 Å². The summed E-state index contributed by atoms with van der Waals surface area (Å²) in [4.78, 5) is 0. The van der Waals surface area contributed by atoms with Gasteiger partial charge in [-0.2, -0.15) is 31.4 Å². The second kappa shape index (κ2) is 8.40. The molecule has 0 saturated carbocycles. The third-order valence-electron chi connectivity index (χ3n) is 4.61. The third kappa shape index (κ3) is 4.16. The van der Waals surface area contributed by atoms with E-state index in [9.17, 15) is 30.7 Å². The number of hydrogen-bond acceptors (Lipinski definition) is 2. The smallest absolute Gasteiger partial charge is 0.326 e. The van der Waals surface area contributed by atoms with Crippen LogP contribution < -0.4 is 5.73 Å². The Hall–Kier alpha value is -2.01. The van der Waals surface area contributed by atoms with Gasteiger partial charge in [-0.25, -0.2) is 9.07 Å². The van der Waals surface area contributed by atoms with Gasteiger partial charge in [0.15, 0.2) is 0 Å². The van der Waals surface area contributed by atoms with Crippen molar-refractivity contribution in [2.45, 2.75) is 24.6 Å². The summed E-state index contributed by atoms with van der Waals surface area (Å²) in [6, 6.07) is 5.37. The molecule has 0 fully saturated rings. The Bertz CT molecular complexity index is 1120. The molecule has 1 heterocycles. The highest BCUT2D eigenvalue weighted by Gasteiger charge is 2.73. The minimum Gasteiger partial charge on any atom is -0.326 e. The van der Waals surface area contributed by atoms with Gasteiger partial charge in [0.25, 0.3) is 0 Å². The molecule has 1 aromatic heterocycles. The lowest BCUT2D eigenvalue weighted by atomic mass is 9.94. The Morgan fingerprint density at radius 1 is 0.812 bits per heavy atom. The van der Waals surface area contributed by atoms with E-state index in [-0.39, 0.29) is 24.4 Å². The first kappa shape index (κ1) is 24.6. The van der Waals surface area contributed by atoms with E-state index in [1.807, 2.05) is 0 Å². The van der Waals surface area contributed by atoms with Crippen LogP contribution in [0.1, 0.15) is 11.1 Å². The fourth-order valence-electron chi connectivity index (χ4n) is 2.98. The molecule has 0 saturated heterocycles. The minimum absolute atomic E-state index is 0.156. The Morgan fingerprint density at radius 3 is 1.88 bits per heavy atom. The normalized spacial score (nSPS) is 13.0. The van der Waals surface area contributed by atoms with Crippen molar-refractivity contribution < 1.29 is 30.7 Å². The molecule has 2 aromatic carbocycles. The largest absolute Gasteiger partial charge is 0.435 e. The molecule has 0 atom stereocenters. The van der Waals surface area contributed by atoms with Crippen molar-refractivity contribution in [1.82, 2.24) is 9.78 Å². The van der Waals surface area contributed by atoms with Crippen molar-refractivity contribution in [2.24, 2.45) is 5.73 Å². The van der Waals surface area contributed by atoms with Crippen LogP contribution in [0.5, 0.6) is 0 Å². The van der Waals surface area contributed by atoms with Crippen molar-refractivity contribution in [1.29, 1.82) is 0 Å². The Kier molecular flexibility index (Phi) is 6.47. The first-order valence-electron chi connectivity index (χ1n) is 8.56. The van der Waals surface area contributed by atoms with Crippen molar-refractivity contribution in [2.75, 3.05) is 0 Å². The van der Waals surface area contributed by atoms with E-state index in [0.717, 1.165) is 4.68 Å². The number of aromatic nitrogens is 2. The second-order valence-corrected chi connectivity index (χ2v) is 7.85. The van der Waals surface area contributed by atoms with Gasteiger partial charge in [0.2, 0.25) is 0 Å². The average Bonchev–Trinajstić information content (AvgIpc) is 3.14. The minimum atomic E-state index is -6.30. The van der Waals surface area contributed by atoms with Gasteiger partial charge in [-0.15, -0.1) is 0 Å². The molecule has 0 bridgehead atoms. The maximum absolute atomic E-state index is 14.4. The monoisotopic (exact) mass is 519 g/mol. The standard InChI is InChI=1S/C19H11Cl3F7N3/c20-13-2-1-9(3-10(13)6-30)11-7-31-32(8-11)16-14(21)4-12(5-15(16)22)17(23,18(24,25)26)19(27,28)29/h1-5,7-8H,6,30H2. The van der Waals surface area contributed by atoms with E-state index in [1.54, 1.807) is 18.2 Å². The number of nitrogens with two attached hydrogens (primary N) is 1. The summed E-state index contributed by atoms with van der Waals surface area (Å²) in [7, 11) is 0. The first-order valence-corrected chi connectivity index (χ1v) is 9.70. The van der Waals surface area contributed by atoms with Crippen LogP contribution in [0.4, 0.5) is 30.7 Å². The van der Waals surface area contributed by atoms with Crippen molar-refractivity contribution in [3.8, 4) is 16.8 Å². The lowest BCUT2D eigenvalue weighted by molar-refractivity contribution is -0.348. The quantitative estimate of drug-likeness (QED) is 0.368. The van der Waals surface area contributed by atoms with Crippen molar-refractivity contribution >= 4 is 34.8 Å². The number of halogens is 10. The predicted octanol–water partition coefficient (Wildman–Crippen LogP) is 7.25. The molecule has 0 spiro atoms. The summed E-state index contributed by atoms with van der Waals surface area (Å²) < 4.78 is 93.6. The van der Waals surface area contributed by atoms with E-state index in [1.165, 1.54) is 12.4 Å². The molecule has 3 rings (SSSR count). The first-order chi connectivity index (χ1) is 14.7. The summed E-state index contributed by atoms with van der Waals surface area (Å²) in [6.07, 6.45) is -9.86. The van der Waals surface area contributed by atoms with E-state index in [4.69, 9.17) is 40.5 Å². The van der Waals surface area contributed by atoms with Crippen LogP contribution in [0.3, 0.4) is 0 Å². The van der Waals surface area contributed by atoms with E-state index >= 15 is 0 Å². The van der Waals surface area contributed by atoms with Gasteiger partial charge in [-0.05, 0) is 35.4 Å². The van der Waals surface area contributed by atoms with Crippen LogP contribution in [0.15, 0.2) is 42.7 Å². The Balaban J connectivity index is 2.09. The van der Waals surface area contributed by atoms with Gasteiger partial charge in [0.05, 0.1) is 16.2 Å². The van der Waals surface area contributed by atoms with Crippen LogP contribution >= 0.6 is 34.8 Å². The molecule has 2 N–H and O–H groups in total. The molecular formula is C19H11Cl3F7N3. The molecule has 3 aromatic rings. The molecule has 0 aliphatic rings. The summed E-state index contributed by atoms with van der Waals surface area (Å²) in [5, 5.41) is 3.10. The molecule has 172 valence electrons. The molecule has 0 unspecified atom stereocenters. The van der Waals surface area contributed by atoms with Crippen molar-refractivity contribution in [3.05, 3.63) is 68.9 Å². The van der Waals surface area contributed by atoms with Crippen LogP contribution in [0, 0.1) is 0 Å². The van der Waals surface area contributed by atoms with Gasteiger partial charge < -0.3 is 5.73 Å². The molecule has 3 nitrogen and oxygen atoms in total. The van der Waals surface area contributed by atoms with Gasteiger partial charge in [0, 0.05) is 28.9 Å². The van der Waals surface area contributed by atoms with Crippen LogP contribution in [-0.4, -0.2) is 22.1 Å². The topological polar surface area (TPSA) is 43.8 Å². The summed E-state index contributed by atoms with van der Waals surface area (Å²) in [5.74, 6) is 0. The van der Waals surface area contributed by atoms with Gasteiger partial charge in [-0.1, -0.05) is 40.9 Å². The lowest BCUT2D eigenvalue weighted by Crippen LogP contribution is -2.50. The van der Waals surface area contributed by atoms with Gasteiger partial charge >= 0.3 is 18.0 Å². The number of nitrogens with zero attached hydrogens (tertiary/aromatic N) is 2. The van der Waals surface area contributed by atoms with Crippen LogP contribution in [0.2, 0.25) is 15.1 Å². The Labute approximate surface area is 191 Å². The zero-order chi connectivity index (χ0) is 24.1. The number of rotatable bonds is 4. The van der Waals surface area contributed by atoms with E-state index in [2.05, 4.69) is 5.10 Å². The lowest BCUT2D eigenvalue weighted by Gasteiger charge is -2.30. The third-order valence-corrected chi connectivity index (χ3v) is 5.55. The van der Waals surface area contributed by atoms with E-state index in [0.29, 0.717) is 21.7 Å². The van der Waals surface area contributed by atoms with Crippen molar-refractivity contribution in [3.63, 3.8) is 0 Å². The molecule has 0 aliphatic heterocycles. The van der Waals surface area contributed by atoms with Gasteiger partial charge in [0.1, 0.15) is 5.69 Å². The maximum Gasteiger partial charge on any atom is 0.435 e. The Morgan fingerprint density at radius 2 is 1.38 bits per heavy atom. The maximum atomic E-state index is 14.4. The predicted molar refractivity (Wildman–Crippen MR) is 107 cm³/mol. The fourth-order valence-corrected chi connectivity index (χ4v) is 3.83. The molecule has 0 amide bonds. The second-order valence-electron chi connectivity index (χ2n) is 6.63. The summed E-state index contributed by atoms with van der Waals surface area (Å²) in [6.45, 7) is 0.156. The molecule has 0 radical (unpaired) electrons. The highest BCUT2D eigenvalue weighted by molar-refractivity contribution is 6.37. The SMILES string of the molecule is NCc1cc(-c2cnn(-c3c(Cl)cc(C(F)(C(F)(F)F)C(F)(F)F)cc3Cl)c2)ccc1Cl. The summed E-state index contributed by atoms with van der Waals surface area (Å²) in [5.41, 5.74) is -0.321.